The van der Waals surface area contributed by atoms with Crippen molar-refractivity contribution in [3.05, 3.63) is 29.6 Å². The summed E-state index contributed by atoms with van der Waals surface area (Å²) >= 11 is 5.92. The summed E-state index contributed by atoms with van der Waals surface area (Å²) in [7, 11) is 0. The van der Waals surface area contributed by atoms with E-state index in [0.717, 1.165) is 16.9 Å². The molecule has 1 aromatic carbocycles. The minimum Gasteiger partial charge on any atom is -0.341 e. The van der Waals surface area contributed by atoms with Gasteiger partial charge in [-0.25, -0.2) is 4.98 Å². The van der Waals surface area contributed by atoms with Gasteiger partial charge in [0.2, 0.25) is 0 Å². The molecular weight excluding hydrogens is 184 g/mol. The first kappa shape index (κ1) is 8.57. The van der Waals surface area contributed by atoms with Crippen LogP contribution in [0.4, 0.5) is 0 Å². The number of aromatic amines is 1. The minimum atomic E-state index is -0.0623. The number of fused-ring (bicyclic) bond motifs is 1. The molecule has 0 saturated heterocycles. The van der Waals surface area contributed by atoms with E-state index < -0.39 is 0 Å². The number of benzene rings is 1. The molecule has 0 aliphatic carbocycles. The van der Waals surface area contributed by atoms with E-state index in [2.05, 4.69) is 23.0 Å². The lowest BCUT2D eigenvalue weighted by atomic mass is 10.2. The van der Waals surface area contributed by atoms with Gasteiger partial charge in [-0.15, -0.1) is 11.6 Å². The van der Waals surface area contributed by atoms with Gasteiger partial charge in [0.05, 0.1) is 16.4 Å². The van der Waals surface area contributed by atoms with Gasteiger partial charge in [-0.05, 0) is 31.5 Å². The predicted octanol–water partition coefficient (Wildman–Crippen LogP) is 3.17. The summed E-state index contributed by atoms with van der Waals surface area (Å²) in [4.78, 5) is 7.56. The number of halogens is 1. The minimum absolute atomic E-state index is 0.0623. The number of aryl methyl sites for hydroxylation is 1. The molecule has 0 amide bonds. The molecule has 0 aliphatic rings. The number of nitrogens with zero attached hydrogens (tertiary/aromatic N) is 1. The Bertz CT molecular complexity index is 431. The zero-order valence-corrected chi connectivity index (χ0v) is 8.39. The van der Waals surface area contributed by atoms with E-state index in [1.54, 1.807) is 0 Å². The maximum Gasteiger partial charge on any atom is 0.125 e. The van der Waals surface area contributed by atoms with Gasteiger partial charge in [0, 0.05) is 0 Å². The first-order valence-electron chi connectivity index (χ1n) is 4.27. The largest absolute Gasteiger partial charge is 0.341 e. The van der Waals surface area contributed by atoms with Crippen molar-refractivity contribution in [3.8, 4) is 0 Å². The van der Waals surface area contributed by atoms with Crippen LogP contribution in [0.1, 0.15) is 23.7 Å². The summed E-state index contributed by atoms with van der Waals surface area (Å²) < 4.78 is 0. The Kier molecular flexibility index (Phi) is 2.00. The second-order valence-electron chi connectivity index (χ2n) is 3.26. The summed E-state index contributed by atoms with van der Waals surface area (Å²) in [6, 6.07) is 6.13. The Morgan fingerprint density at radius 3 is 2.92 bits per heavy atom. The van der Waals surface area contributed by atoms with Gasteiger partial charge < -0.3 is 4.98 Å². The fourth-order valence-corrected chi connectivity index (χ4v) is 1.43. The Balaban J connectivity index is 2.62. The smallest absolute Gasteiger partial charge is 0.125 e. The highest BCUT2D eigenvalue weighted by atomic mass is 35.5. The van der Waals surface area contributed by atoms with E-state index in [-0.39, 0.29) is 5.38 Å². The number of H-pyrrole nitrogens is 1. The normalized spacial score (nSPS) is 13.5. The summed E-state index contributed by atoms with van der Waals surface area (Å²) in [5.41, 5.74) is 3.26. The van der Waals surface area contributed by atoms with Crippen molar-refractivity contribution < 1.29 is 0 Å². The van der Waals surface area contributed by atoms with Crippen molar-refractivity contribution in [3.63, 3.8) is 0 Å². The average molecular weight is 195 g/mol. The number of imidazole rings is 1. The zero-order chi connectivity index (χ0) is 9.42. The summed E-state index contributed by atoms with van der Waals surface area (Å²) in [5, 5.41) is -0.0623. The first-order chi connectivity index (χ1) is 6.16. The second kappa shape index (κ2) is 3.04. The molecule has 0 saturated carbocycles. The maximum atomic E-state index is 5.92. The fourth-order valence-electron chi connectivity index (χ4n) is 1.33. The van der Waals surface area contributed by atoms with Crippen LogP contribution in [-0.4, -0.2) is 9.97 Å². The molecule has 0 aliphatic heterocycles. The second-order valence-corrected chi connectivity index (χ2v) is 3.91. The molecule has 68 valence electrons. The molecule has 2 rings (SSSR count). The third kappa shape index (κ3) is 1.54. The van der Waals surface area contributed by atoms with Gasteiger partial charge >= 0.3 is 0 Å². The van der Waals surface area contributed by atoms with Gasteiger partial charge in [0.1, 0.15) is 5.82 Å². The highest BCUT2D eigenvalue weighted by Crippen LogP contribution is 2.20. The Labute approximate surface area is 81.9 Å². The maximum absolute atomic E-state index is 5.92. The van der Waals surface area contributed by atoms with E-state index in [4.69, 9.17) is 11.6 Å². The molecule has 1 aromatic heterocycles. The van der Waals surface area contributed by atoms with Gasteiger partial charge in [0.25, 0.3) is 0 Å². The zero-order valence-electron chi connectivity index (χ0n) is 7.63. The third-order valence-corrected chi connectivity index (χ3v) is 2.24. The van der Waals surface area contributed by atoms with Gasteiger partial charge in [0.15, 0.2) is 0 Å². The lowest BCUT2D eigenvalue weighted by Gasteiger charge is -1.93. The van der Waals surface area contributed by atoms with E-state index in [1.165, 1.54) is 5.56 Å². The van der Waals surface area contributed by atoms with E-state index in [0.29, 0.717) is 0 Å². The lowest BCUT2D eigenvalue weighted by Crippen LogP contribution is -1.85. The molecule has 1 atom stereocenters. The number of hydrogen-bond acceptors (Lipinski definition) is 1. The highest BCUT2D eigenvalue weighted by Gasteiger charge is 2.06. The van der Waals surface area contributed by atoms with Crippen LogP contribution in [0.15, 0.2) is 18.2 Å². The van der Waals surface area contributed by atoms with E-state index >= 15 is 0 Å². The average Bonchev–Trinajstić information content (AvgIpc) is 2.46. The molecule has 2 nitrogen and oxygen atoms in total. The molecule has 13 heavy (non-hydrogen) atoms. The number of alkyl halides is 1. The Hall–Kier alpha value is -1.02. The van der Waals surface area contributed by atoms with Crippen LogP contribution in [0.3, 0.4) is 0 Å². The molecule has 1 heterocycles. The molecule has 0 spiro atoms. The van der Waals surface area contributed by atoms with Crippen LogP contribution in [0, 0.1) is 6.92 Å². The lowest BCUT2D eigenvalue weighted by molar-refractivity contribution is 0.962. The number of hydrogen-bond donors (Lipinski definition) is 1. The SMILES string of the molecule is Cc1ccc2nc(C(C)Cl)[nH]c2c1. The van der Waals surface area contributed by atoms with Crippen molar-refractivity contribution in [1.82, 2.24) is 9.97 Å². The number of nitrogens with one attached hydrogen (secondary N) is 1. The molecule has 0 bridgehead atoms. The van der Waals surface area contributed by atoms with Crippen LogP contribution in [0.25, 0.3) is 11.0 Å². The van der Waals surface area contributed by atoms with Crippen molar-refractivity contribution in [2.45, 2.75) is 19.2 Å². The molecule has 3 heteroatoms. The topological polar surface area (TPSA) is 28.7 Å². The van der Waals surface area contributed by atoms with Crippen molar-refractivity contribution >= 4 is 22.6 Å². The van der Waals surface area contributed by atoms with Gasteiger partial charge in [-0.3, -0.25) is 0 Å². The third-order valence-electron chi connectivity index (χ3n) is 2.03. The number of rotatable bonds is 1. The van der Waals surface area contributed by atoms with Gasteiger partial charge in [-0.1, -0.05) is 6.07 Å². The van der Waals surface area contributed by atoms with Crippen molar-refractivity contribution in [2.24, 2.45) is 0 Å². The van der Waals surface area contributed by atoms with E-state index in [1.807, 2.05) is 19.1 Å². The van der Waals surface area contributed by atoms with Crippen LogP contribution < -0.4 is 0 Å². The van der Waals surface area contributed by atoms with Crippen LogP contribution in [0.2, 0.25) is 0 Å². The summed E-state index contributed by atoms with van der Waals surface area (Å²) in [6.07, 6.45) is 0. The molecule has 0 radical (unpaired) electrons. The van der Waals surface area contributed by atoms with Crippen molar-refractivity contribution in [2.75, 3.05) is 0 Å². The van der Waals surface area contributed by atoms with Crippen LogP contribution >= 0.6 is 11.6 Å². The highest BCUT2D eigenvalue weighted by molar-refractivity contribution is 6.20. The Morgan fingerprint density at radius 1 is 1.46 bits per heavy atom. The summed E-state index contributed by atoms with van der Waals surface area (Å²) in [6.45, 7) is 3.97. The van der Waals surface area contributed by atoms with E-state index in [9.17, 15) is 0 Å². The first-order valence-corrected chi connectivity index (χ1v) is 4.71. The summed E-state index contributed by atoms with van der Waals surface area (Å²) in [5.74, 6) is 0.835. The van der Waals surface area contributed by atoms with Gasteiger partial charge in [-0.2, -0.15) is 0 Å². The standard InChI is InChI=1S/C10H11ClN2/c1-6-3-4-8-9(5-6)13-10(12-8)7(2)11/h3-5,7H,1-2H3,(H,12,13). The number of aromatic nitrogens is 2. The quantitative estimate of drug-likeness (QED) is 0.695. The van der Waals surface area contributed by atoms with Crippen LogP contribution in [-0.2, 0) is 0 Å². The molecule has 2 aromatic rings. The Morgan fingerprint density at radius 2 is 2.23 bits per heavy atom. The predicted molar refractivity (Wildman–Crippen MR) is 55.1 cm³/mol. The molecule has 1 unspecified atom stereocenters. The molecule has 1 N–H and O–H groups in total. The van der Waals surface area contributed by atoms with Crippen molar-refractivity contribution in [1.29, 1.82) is 0 Å². The fraction of sp³-hybridized carbons (Fsp3) is 0.300. The monoisotopic (exact) mass is 194 g/mol. The molecule has 0 fully saturated rings. The molecular formula is C10H11ClN2. The van der Waals surface area contributed by atoms with Crippen LogP contribution in [0.5, 0.6) is 0 Å².